The maximum absolute atomic E-state index is 13.6. The number of imidazole rings is 1. The van der Waals surface area contributed by atoms with Crippen LogP contribution in [0.4, 0.5) is 10.1 Å². The van der Waals surface area contributed by atoms with E-state index in [1.807, 2.05) is 6.92 Å². The second kappa shape index (κ2) is 5.57. The third kappa shape index (κ3) is 2.84. The molecular formula is C14H14BrFN4O. The number of amides is 1. The molecule has 0 bridgehead atoms. The summed E-state index contributed by atoms with van der Waals surface area (Å²) < 4.78 is 14.0. The second-order valence-corrected chi connectivity index (χ2v) is 5.89. The fourth-order valence-corrected chi connectivity index (χ4v) is 2.81. The Hall–Kier alpha value is -1.73. The highest BCUT2D eigenvalue weighted by molar-refractivity contribution is 9.10. The van der Waals surface area contributed by atoms with Crippen molar-refractivity contribution in [2.24, 2.45) is 0 Å². The highest BCUT2D eigenvalue weighted by atomic mass is 79.9. The van der Waals surface area contributed by atoms with E-state index in [2.05, 4.69) is 36.5 Å². The standard InChI is InChI=1S/C14H14BrFN4O/c1-7-2-8(15)9(16)3-10(7)20-14(21)12-4-11-13(5-17-12)19-6-18-11/h2-3,6,12,17H,4-5H2,1H3,(H,18,19)(H,20,21). The molecule has 110 valence electrons. The van der Waals surface area contributed by atoms with Crippen molar-refractivity contribution in [1.82, 2.24) is 15.3 Å². The number of carbonyl (C=O) groups is 1. The molecule has 21 heavy (non-hydrogen) atoms. The molecule has 0 saturated heterocycles. The molecule has 1 atom stereocenters. The van der Waals surface area contributed by atoms with Gasteiger partial charge in [0.2, 0.25) is 5.91 Å². The van der Waals surface area contributed by atoms with Gasteiger partial charge in [-0.2, -0.15) is 0 Å². The van der Waals surface area contributed by atoms with Crippen LogP contribution in [0.5, 0.6) is 0 Å². The maximum atomic E-state index is 13.6. The van der Waals surface area contributed by atoms with E-state index < -0.39 is 5.82 Å². The number of nitrogens with one attached hydrogen (secondary N) is 3. The predicted molar refractivity (Wildman–Crippen MR) is 80.4 cm³/mol. The molecule has 1 aromatic heterocycles. The first-order valence-electron chi connectivity index (χ1n) is 6.55. The van der Waals surface area contributed by atoms with E-state index in [0.717, 1.165) is 17.0 Å². The van der Waals surface area contributed by atoms with Crippen LogP contribution in [0.15, 0.2) is 22.9 Å². The zero-order chi connectivity index (χ0) is 15.0. The molecule has 1 aliphatic heterocycles. The Labute approximate surface area is 129 Å². The van der Waals surface area contributed by atoms with Crippen LogP contribution in [0.3, 0.4) is 0 Å². The molecule has 1 aromatic carbocycles. The van der Waals surface area contributed by atoms with E-state index in [0.29, 0.717) is 23.1 Å². The fourth-order valence-electron chi connectivity index (χ4n) is 2.36. The van der Waals surface area contributed by atoms with Gasteiger partial charge in [0, 0.05) is 18.7 Å². The summed E-state index contributed by atoms with van der Waals surface area (Å²) >= 11 is 3.12. The molecule has 7 heteroatoms. The minimum absolute atomic E-state index is 0.187. The number of H-pyrrole nitrogens is 1. The molecule has 2 aromatic rings. The first-order chi connectivity index (χ1) is 10.0. The lowest BCUT2D eigenvalue weighted by atomic mass is 10.0. The number of halogens is 2. The summed E-state index contributed by atoms with van der Waals surface area (Å²) in [5.74, 6) is -0.587. The first-order valence-corrected chi connectivity index (χ1v) is 7.35. The van der Waals surface area contributed by atoms with Crippen molar-refractivity contribution in [1.29, 1.82) is 0 Å². The number of anilines is 1. The van der Waals surface area contributed by atoms with Gasteiger partial charge in [-0.1, -0.05) is 0 Å². The Kier molecular flexibility index (Phi) is 3.77. The molecule has 5 nitrogen and oxygen atoms in total. The molecule has 2 heterocycles. The Bertz CT molecular complexity index is 700. The summed E-state index contributed by atoms with van der Waals surface area (Å²) in [6.45, 7) is 2.39. The second-order valence-electron chi connectivity index (χ2n) is 5.04. The molecule has 0 radical (unpaired) electrons. The number of hydrogen-bond acceptors (Lipinski definition) is 3. The lowest BCUT2D eigenvalue weighted by Gasteiger charge is -2.22. The average molecular weight is 353 g/mol. The first kappa shape index (κ1) is 14.2. The van der Waals surface area contributed by atoms with E-state index in [1.165, 1.54) is 6.07 Å². The Morgan fingerprint density at radius 1 is 1.52 bits per heavy atom. The molecule has 3 rings (SSSR count). The molecular weight excluding hydrogens is 339 g/mol. The van der Waals surface area contributed by atoms with Crippen molar-refractivity contribution < 1.29 is 9.18 Å². The lowest BCUT2D eigenvalue weighted by molar-refractivity contribution is -0.118. The van der Waals surface area contributed by atoms with Crippen molar-refractivity contribution in [2.45, 2.75) is 25.9 Å². The summed E-state index contributed by atoms with van der Waals surface area (Å²) in [6, 6.07) is 2.59. The quantitative estimate of drug-likeness (QED) is 0.776. The number of aromatic amines is 1. The molecule has 1 amide bonds. The van der Waals surface area contributed by atoms with Crippen LogP contribution in [-0.4, -0.2) is 21.9 Å². The number of carbonyl (C=O) groups excluding carboxylic acids is 1. The van der Waals surface area contributed by atoms with Crippen molar-refractivity contribution in [3.8, 4) is 0 Å². The van der Waals surface area contributed by atoms with Gasteiger partial charge in [-0.25, -0.2) is 9.37 Å². The normalized spacial score (nSPS) is 17.4. The Morgan fingerprint density at radius 2 is 2.33 bits per heavy atom. The topological polar surface area (TPSA) is 69.8 Å². The summed E-state index contributed by atoms with van der Waals surface area (Å²) in [4.78, 5) is 19.5. The zero-order valence-electron chi connectivity index (χ0n) is 11.3. The highest BCUT2D eigenvalue weighted by Gasteiger charge is 2.26. The van der Waals surface area contributed by atoms with Gasteiger partial charge in [-0.05, 0) is 40.5 Å². The molecule has 1 aliphatic rings. The lowest BCUT2D eigenvalue weighted by Crippen LogP contribution is -2.44. The van der Waals surface area contributed by atoms with Crippen LogP contribution in [0.1, 0.15) is 17.0 Å². The minimum Gasteiger partial charge on any atom is -0.347 e. The number of rotatable bonds is 2. The smallest absolute Gasteiger partial charge is 0.241 e. The minimum atomic E-state index is -0.401. The van der Waals surface area contributed by atoms with E-state index in [4.69, 9.17) is 0 Å². The van der Waals surface area contributed by atoms with Gasteiger partial charge in [0.1, 0.15) is 5.82 Å². The SMILES string of the molecule is Cc1cc(Br)c(F)cc1NC(=O)C1Cc2nc[nH]c2CN1. The van der Waals surface area contributed by atoms with Gasteiger partial charge in [-0.3, -0.25) is 10.1 Å². The van der Waals surface area contributed by atoms with Crippen LogP contribution in [-0.2, 0) is 17.8 Å². The van der Waals surface area contributed by atoms with Crippen molar-refractivity contribution in [2.75, 3.05) is 5.32 Å². The van der Waals surface area contributed by atoms with Crippen molar-refractivity contribution in [3.05, 3.63) is 45.7 Å². The maximum Gasteiger partial charge on any atom is 0.241 e. The number of nitrogens with zero attached hydrogens (tertiary/aromatic N) is 1. The van der Waals surface area contributed by atoms with E-state index in [-0.39, 0.29) is 11.9 Å². The van der Waals surface area contributed by atoms with Crippen molar-refractivity contribution >= 4 is 27.5 Å². The van der Waals surface area contributed by atoms with E-state index >= 15 is 0 Å². The molecule has 0 spiro atoms. The summed E-state index contributed by atoms with van der Waals surface area (Å²) in [5.41, 5.74) is 3.18. The monoisotopic (exact) mass is 352 g/mol. The Morgan fingerprint density at radius 3 is 3.14 bits per heavy atom. The molecule has 0 aliphatic carbocycles. The van der Waals surface area contributed by atoms with Gasteiger partial charge in [0.05, 0.1) is 28.2 Å². The van der Waals surface area contributed by atoms with Gasteiger partial charge in [0.25, 0.3) is 0 Å². The highest BCUT2D eigenvalue weighted by Crippen LogP contribution is 2.24. The molecule has 1 unspecified atom stereocenters. The van der Waals surface area contributed by atoms with Crippen LogP contribution in [0.25, 0.3) is 0 Å². The summed E-state index contributed by atoms with van der Waals surface area (Å²) in [6.07, 6.45) is 2.14. The zero-order valence-corrected chi connectivity index (χ0v) is 12.9. The van der Waals surface area contributed by atoms with Crippen molar-refractivity contribution in [3.63, 3.8) is 0 Å². The fraction of sp³-hybridized carbons (Fsp3) is 0.286. The van der Waals surface area contributed by atoms with Crippen LogP contribution >= 0.6 is 15.9 Å². The van der Waals surface area contributed by atoms with Gasteiger partial charge >= 0.3 is 0 Å². The van der Waals surface area contributed by atoms with Gasteiger partial charge in [0.15, 0.2) is 0 Å². The molecule has 0 fully saturated rings. The number of aryl methyl sites for hydroxylation is 1. The number of aromatic nitrogens is 2. The van der Waals surface area contributed by atoms with E-state index in [9.17, 15) is 9.18 Å². The van der Waals surface area contributed by atoms with E-state index in [1.54, 1.807) is 12.4 Å². The van der Waals surface area contributed by atoms with Crippen LogP contribution in [0, 0.1) is 12.7 Å². The van der Waals surface area contributed by atoms with Gasteiger partial charge in [-0.15, -0.1) is 0 Å². The molecule has 0 saturated carbocycles. The van der Waals surface area contributed by atoms with Gasteiger partial charge < -0.3 is 10.3 Å². The summed E-state index contributed by atoms with van der Waals surface area (Å²) in [7, 11) is 0. The van der Waals surface area contributed by atoms with Crippen LogP contribution < -0.4 is 10.6 Å². The predicted octanol–water partition coefficient (Wildman–Crippen LogP) is 2.27. The summed E-state index contributed by atoms with van der Waals surface area (Å²) in [5, 5.41) is 5.91. The molecule has 3 N–H and O–H groups in total. The van der Waals surface area contributed by atoms with Crippen LogP contribution in [0.2, 0.25) is 0 Å². The number of benzene rings is 1. The number of hydrogen-bond donors (Lipinski definition) is 3. The third-order valence-corrected chi connectivity index (χ3v) is 4.18. The largest absolute Gasteiger partial charge is 0.347 e. The Balaban J connectivity index is 1.74. The number of fused-ring (bicyclic) bond motifs is 1. The third-order valence-electron chi connectivity index (χ3n) is 3.57. The average Bonchev–Trinajstić information content (AvgIpc) is 2.92.